The summed E-state index contributed by atoms with van der Waals surface area (Å²) < 4.78 is 4.00. The maximum Gasteiger partial charge on any atom is 0.268 e. The van der Waals surface area contributed by atoms with Crippen molar-refractivity contribution in [3.05, 3.63) is 46.0 Å². The lowest BCUT2D eigenvalue weighted by atomic mass is 9.73. The molecule has 1 heterocycles. The molecule has 0 saturated heterocycles. The van der Waals surface area contributed by atoms with Crippen LogP contribution in [0, 0.1) is 6.92 Å². The molecule has 4 rings (SSSR count). The van der Waals surface area contributed by atoms with Crippen LogP contribution in [0.15, 0.2) is 24.3 Å². The highest BCUT2D eigenvalue weighted by molar-refractivity contribution is 7.08. The Morgan fingerprint density at radius 3 is 2.67 bits per heavy atom. The molecule has 1 aromatic carbocycles. The lowest BCUT2D eigenvalue weighted by Gasteiger charge is -2.43. The molecular formula is C19H23N3OS. The monoisotopic (exact) mass is 341 g/mol. The lowest BCUT2D eigenvalue weighted by Crippen LogP contribution is -2.48. The van der Waals surface area contributed by atoms with Crippen LogP contribution in [0.4, 0.5) is 0 Å². The third-order valence-corrected chi connectivity index (χ3v) is 6.15. The van der Waals surface area contributed by atoms with E-state index in [0.29, 0.717) is 18.0 Å². The molecule has 1 amide bonds. The third-order valence-electron chi connectivity index (χ3n) is 5.39. The fraction of sp³-hybridized carbons (Fsp3) is 0.526. The molecule has 0 unspecified atom stereocenters. The summed E-state index contributed by atoms with van der Waals surface area (Å²) in [5.41, 5.74) is 3.67. The van der Waals surface area contributed by atoms with Gasteiger partial charge in [-0.15, -0.1) is 5.10 Å². The summed E-state index contributed by atoms with van der Waals surface area (Å²) in [5.74, 6) is 0.757. The number of benzene rings is 1. The molecule has 1 aromatic heterocycles. The van der Waals surface area contributed by atoms with Crippen molar-refractivity contribution in [2.75, 3.05) is 0 Å². The van der Waals surface area contributed by atoms with Gasteiger partial charge in [0.25, 0.3) is 5.91 Å². The Morgan fingerprint density at radius 2 is 2.00 bits per heavy atom. The topological polar surface area (TPSA) is 46.1 Å². The third kappa shape index (κ3) is 2.75. The second-order valence-electron chi connectivity index (χ2n) is 7.02. The van der Waals surface area contributed by atoms with Gasteiger partial charge in [-0.3, -0.25) is 4.79 Å². The smallest absolute Gasteiger partial charge is 0.268 e. The lowest BCUT2D eigenvalue weighted by molar-refractivity contribution is 0.0520. The molecule has 0 spiro atoms. The van der Waals surface area contributed by atoms with Crippen molar-refractivity contribution in [3.8, 4) is 0 Å². The van der Waals surface area contributed by atoms with Crippen LogP contribution in [-0.4, -0.2) is 32.5 Å². The zero-order valence-corrected chi connectivity index (χ0v) is 15.1. The van der Waals surface area contributed by atoms with E-state index in [4.69, 9.17) is 0 Å². The minimum absolute atomic E-state index is 0.164. The van der Waals surface area contributed by atoms with Gasteiger partial charge in [-0.1, -0.05) is 35.7 Å². The van der Waals surface area contributed by atoms with Crippen LogP contribution in [0.3, 0.4) is 0 Å². The maximum atomic E-state index is 13.1. The highest BCUT2D eigenvalue weighted by atomic mass is 32.1. The first-order valence-electron chi connectivity index (χ1n) is 8.88. The minimum atomic E-state index is 0.164. The van der Waals surface area contributed by atoms with Gasteiger partial charge in [0.05, 0.1) is 5.69 Å². The average molecular weight is 341 g/mol. The molecule has 0 radical (unpaired) electrons. The van der Waals surface area contributed by atoms with Gasteiger partial charge >= 0.3 is 0 Å². The van der Waals surface area contributed by atoms with Crippen LogP contribution in [0.5, 0.6) is 0 Å². The molecule has 2 saturated carbocycles. The van der Waals surface area contributed by atoms with Gasteiger partial charge in [-0.25, -0.2) is 0 Å². The first kappa shape index (κ1) is 15.8. The van der Waals surface area contributed by atoms with Gasteiger partial charge < -0.3 is 4.90 Å². The number of hydrogen-bond acceptors (Lipinski definition) is 4. The zero-order chi connectivity index (χ0) is 16.7. The molecule has 2 aliphatic carbocycles. The average Bonchev–Trinajstić information content (AvgIpc) is 3.26. The highest BCUT2D eigenvalue weighted by Gasteiger charge is 2.44. The Morgan fingerprint density at radius 1 is 1.25 bits per heavy atom. The molecule has 126 valence electrons. The van der Waals surface area contributed by atoms with Crippen LogP contribution in [0.25, 0.3) is 0 Å². The summed E-state index contributed by atoms with van der Waals surface area (Å²) in [6.07, 6.45) is 5.23. The first-order valence-corrected chi connectivity index (χ1v) is 9.65. The van der Waals surface area contributed by atoms with E-state index in [1.165, 1.54) is 22.7 Å². The molecule has 2 aliphatic rings. The second kappa shape index (κ2) is 6.28. The quantitative estimate of drug-likeness (QED) is 0.827. The molecule has 24 heavy (non-hydrogen) atoms. The summed E-state index contributed by atoms with van der Waals surface area (Å²) in [5, 5.41) is 4.12. The fourth-order valence-electron chi connectivity index (χ4n) is 3.82. The molecule has 5 heteroatoms. The van der Waals surface area contributed by atoms with Crippen LogP contribution in [-0.2, 0) is 6.42 Å². The van der Waals surface area contributed by atoms with Crippen molar-refractivity contribution in [3.63, 3.8) is 0 Å². The fourth-order valence-corrected chi connectivity index (χ4v) is 4.51. The van der Waals surface area contributed by atoms with E-state index < -0.39 is 0 Å². The summed E-state index contributed by atoms with van der Waals surface area (Å²) in [6.45, 7) is 4.22. The number of carbonyl (C=O) groups is 1. The van der Waals surface area contributed by atoms with E-state index in [2.05, 4.69) is 45.7 Å². The molecule has 0 aliphatic heterocycles. The molecule has 2 fully saturated rings. The molecular weight excluding hydrogens is 318 g/mol. The normalized spacial score (nSPS) is 22.9. The van der Waals surface area contributed by atoms with Crippen molar-refractivity contribution < 1.29 is 4.79 Å². The summed E-state index contributed by atoms with van der Waals surface area (Å²) in [4.78, 5) is 16.0. The van der Waals surface area contributed by atoms with E-state index in [1.807, 2.05) is 6.92 Å². The van der Waals surface area contributed by atoms with Crippen LogP contribution in [0.2, 0.25) is 0 Å². The van der Waals surface area contributed by atoms with E-state index in [-0.39, 0.29) is 5.91 Å². The van der Waals surface area contributed by atoms with Gasteiger partial charge in [0.2, 0.25) is 0 Å². The van der Waals surface area contributed by atoms with Crippen molar-refractivity contribution in [1.82, 2.24) is 14.5 Å². The number of hydrogen-bond donors (Lipinski definition) is 0. The Hall–Kier alpha value is -1.75. The van der Waals surface area contributed by atoms with Gasteiger partial charge in [0, 0.05) is 12.1 Å². The summed E-state index contributed by atoms with van der Waals surface area (Å²) >= 11 is 1.26. The number of aromatic nitrogens is 2. The van der Waals surface area contributed by atoms with Crippen LogP contribution in [0.1, 0.15) is 65.0 Å². The van der Waals surface area contributed by atoms with E-state index in [0.717, 1.165) is 42.7 Å². The van der Waals surface area contributed by atoms with E-state index in [1.54, 1.807) is 0 Å². The summed E-state index contributed by atoms with van der Waals surface area (Å²) in [7, 11) is 0. The van der Waals surface area contributed by atoms with Crippen LogP contribution < -0.4 is 0 Å². The van der Waals surface area contributed by atoms with Crippen molar-refractivity contribution in [1.29, 1.82) is 0 Å². The van der Waals surface area contributed by atoms with Crippen molar-refractivity contribution >= 4 is 17.4 Å². The molecule has 0 atom stereocenters. The van der Waals surface area contributed by atoms with Crippen LogP contribution >= 0.6 is 11.5 Å². The predicted octanol–water partition coefficient (Wildman–Crippen LogP) is 3.96. The first-order chi connectivity index (χ1) is 11.7. The van der Waals surface area contributed by atoms with Gasteiger partial charge in [-0.2, -0.15) is 0 Å². The number of aryl methyl sites for hydroxylation is 2. The highest BCUT2D eigenvalue weighted by Crippen LogP contribution is 2.45. The Bertz CT molecular complexity index is 747. The number of rotatable bonds is 5. The molecule has 4 nitrogen and oxygen atoms in total. The SMILES string of the molecule is CCc1nnsc1C(=O)N(C1CC1)C1CC(c2ccccc2C)C1. The van der Waals surface area contributed by atoms with Crippen molar-refractivity contribution in [2.45, 2.75) is 64.0 Å². The Labute approximate surface area is 147 Å². The largest absolute Gasteiger partial charge is 0.332 e. The van der Waals surface area contributed by atoms with Gasteiger partial charge in [-0.05, 0) is 67.6 Å². The molecule has 0 N–H and O–H groups in total. The maximum absolute atomic E-state index is 13.1. The predicted molar refractivity (Wildman–Crippen MR) is 95.4 cm³/mol. The van der Waals surface area contributed by atoms with Gasteiger partial charge in [0.1, 0.15) is 4.88 Å². The van der Waals surface area contributed by atoms with E-state index in [9.17, 15) is 4.79 Å². The molecule has 0 bridgehead atoms. The van der Waals surface area contributed by atoms with Crippen molar-refractivity contribution in [2.24, 2.45) is 0 Å². The Kier molecular flexibility index (Phi) is 4.12. The molecule has 2 aromatic rings. The number of nitrogens with zero attached hydrogens (tertiary/aromatic N) is 3. The summed E-state index contributed by atoms with van der Waals surface area (Å²) in [6, 6.07) is 9.45. The van der Waals surface area contributed by atoms with Gasteiger partial charge in [0.15, 0.2) is 0 Å². The van der Waals surface area contributed by atoms with E-state index >= 15 is 0 Å². The number of carbonyl (C=O) groups excluding carboxylic acids is 1. The standard InChI is InChI=1S/C19H23N3OS/c1-3-17-18(24-21-20-17)19(23)22(14-8-9-14)15-10-13(11-15)16-7-5-4-6-12(16)2/h4-7,13-15H,3,8-11H2,1-2H3. The minimum Gasteiger partial charge on any atom is -0.332 e. The zero-order valence-electron chi connectivity index (χ0n) is 14.2. The second-order valence-corrected chi connectivity index (χ2v) is 7.78. The number of amides is 1. The Balaban J connectivity index is 1.50.